The first-order chi connectivity index (χ1) is 9.45. The summed E-state index contributed by atoms with van der Waals surface area (Å²) in [5, 5.41) is 9.46. The average Bonchev–Trinajstić information content (AvgIpc) is 2.41. The number of benzene rings is 1. The summed E-state index contributed by atoms with van der Waals surface area (Å²) in [5.41, 5.74) is 3.22. The van der Waals surface area contributed by atoms with Gasteiger partial charge in [0.1, 0.15) is 0 Å². The standard InChI is InChI=1S/C16H21NO3/c1-4-17-14(18)8-7-13(16(19)20)15(17)12-6-5-10(2)11(3)9-12/h5-6,9,13,15H,4,7-8H2,1-3H3,(H,19,20). The van der Waals surface area contributed by atoms with E-state index in [1.807, 2.05) is 39.0 Å². The number of carbonyl (C=O) groups excluding carboxylic acids is 1. The number of carboxylic acids is 1. The molecule has 1 aromatic carbocycles. The maximum absolute atomic E-state index is 12.1. The van der Waals surface area contributed by atoms with Crippen molar-refractivity contribution in [2.45, 2.75) is 39.7 Å². The number of hydrogen-bond donors (Lipinski definition) is 1. The fraction of sp³-hybridized carbons (Fsp3) is 0.500. The quantitative estimate of drug-likeness (QED) is 0.922. The summed E-state index contributed by atoms with van der Waals surface area (Å²) in [4.78, 5) is 25.3. The summed E-state index contributed by atoms with van der Waals surface area (Å²) in [6.07, 6.45) is 0.744. The summed E-state index contributed by atoms with van der Waals surface area (Å²) >= 11 is 0. The van der Waals surface area contributed by atoms with Crippen LogP contribution in [0.5, 0.6) is 0 Å². The predicted octanol–water partition coefficient (Wildman–Crippen LogP) is 2.69. The Bertz CT molecular complexity index is 537. The zero-order valence-corrected chi connectivity index (χ0v) is 12.2. The maximum atomic E-state index is 12.1. The molecule has 0 saturated carbocycles. The second kappa shape index (κ2) is 5.65. The Hall–Kier alpha value is -1.84. The molecule has 4 nitrogen and oxygen atoms in total. The van der Waals surface area contributed by atoms with Crippen molar-refractivity contribution in [1.29, 1.82) is 0 Å². The van der Waals surface area contributed by atoms with Crippen LogP contribution in [0.2, 0.25) is 0 Å². The predicted molar refractivity (Wildman–Crippen MR) is 76.4 cm³/mol. The molecule has 4 heteroatoms. The van der Waals surface area contributed by atoms with E-state index in [-0.39, 0.29) is 11.9 Å². The van der Waals surface area contributed by atoms with Crippen LogP contribution in [0.1, 0.15) is 42.5 Å². The van der Waals surface area contributed by atoms with Gasteiger partial charge in [-0.3, -0.25) is 9.59 Å². The van der Waals surface area contributed by atoms with Crippen LogP contribution in [0.15, 0.2) is 18.2 Å². The Morgan fingerprint density at radius 1 is 1.35 bits per heavy atom. The molecule has 1 amide bonds. The number of likely N-dealkylation sites (tertiary alicyclic amines) is 1. The Balaban J connectivity index is 2.46. The molecule has 1 fully saturated rings. The fourth-order valence-corrected chi connectivity index (χ4v) is 2.95. The van der Waals surface area contributed by atoms with Gasteiger partial charge >= 0.3 is 5.97 Å². The molecule has 1 aliphatic heterocycles. The number of hydrogen-bond acceptors (Lipinski definition) is 2. The molecule has 1 saturated heterocycles. The smallest absolute Gasteiger partial charge is 0.308 e. The number of aryl methyl sites for hydroxylation is 2. The largest absolute Gasteiger partial charge is 0.481 e. The Labute approximate surface area is 119 Å². The molecule has 0 aromatic heterocycles. The highest BCUT2D eigenvalue weighted by molar-refractivity contribution is 5.81. The van der Waals surface area contributed by atoms with E-state index in [9.17, 15) is 14.7 Å². The zero-order valence-electron chi connectivity index (χ0n) is 12.2. The average molecular weight is 275 g/mol. The van der Waals surface area contributed by atoms with Gasteiger partial charge in [0, 0.05) is 13.0 Å². The van der Waals surface area contributed by atoms with Crippen LogP contribution in [0, 0.1) is 19.8 Å². The minimum absolute atomic E-state index is 0.0493. The minimum Gasteiger partial charge on any atom is -0.481 e. The molecule has 1 N–H and O–H groups in total. The lowest BCUT2D eigenvalue weighted by atomic mass is 9.83. The highest BCUT2D eigenvalue weighted by Gasteiger charge is 2.39. The Morgan fingerprint density at radius 2 is 2.05 bits per heavy atom. The lowest BCUT2D eigenvalue weighted by Crippen LogP contribution is -2.45. The second-order valence-corrected chi connectivity index (χ2v) is 5.45. The van der Waals surface area contributed by atoms with Gasteiger partial charge in [0.25, 0.3) is 0 Å². The van der Waals surface area contributed by atoms with Gasteiger partial charge in [-0.25, -0.2) is 0 Å². The first-order valence-corrected chi connectivity index (χ1v) is 7.05. The van der Waals surface area contributed by atoms with Crippen molar-refractivity contribution >= 4 is 11.9 Å². The SMILES string of the molecule is CCN1C(=O)CCC(C(=O)O)C1c1ccc(C)c(C)c1. The van der Waals surface area contributed by atoms with Gasteiger partial charge in [-0.1, -0.05) is 18.2 Å². The Kier molecular flexibility index (Phi) is 4.12. The van der Waals surface area contributed by atoms with E-state index >= 15 is 0 Å². The van der Waals surface area contributed by atoms with Gasteiger partial charge in [0.05, 0.1) is 12.0 Å². The number of aliphatic carboxylic acids is 1. The van der Waals surface area contributed by atoms with Crippen molar-refractivity contribution in [3.8, 4) is 0 Å². The first-order valence-electron chi connectivity index (χ1n) is 7.05. The van der Waals surface area contributed by atoms with E-state index in [0.29, 0.717) is 19.4 Å². The molecule has 2 rings (SSSR count). The van der Waals surface area contributed by atoms with Crippen LogP contribution in [0.25, 0.3) is 0 Å². The van der Waals surface area contributed by atoms with Crippen molar-refractivity contribution in [1.82, 2.24) is 4.90 Å². The summed E-state index contributed by atoms with van der Waals surface area (Å²) in [5.74, 6) is -1.29. The van der Waals surface area contributed by atoms with Crippen molar-refractivity contribution in [3.05, 3.63) is 34.9 Å². The summed E-state index contributed by atoms with van der Waals surface area (Å²) < 4.78 is 0. The van der Waals surface area contributed by atoms with Gasteiger partial charge in [0.2, 0.25) is 5.91 Å². The van der Waals surface area contributed by atoms with Crippen LogP contribution in [0.3, 0.4) is 0 Å². The molecule has 0 bridgehead atoms. The fourth-order valence-electron chi connectivity index (χ4n) is 2.95. The third-order valence-corrected chi connectivity index (χ3v) is 4.24. The number of rotatable bonds is 3. The van der Waals surface area contributed by atoms with Crippen molar-refractivity contribution < 1.29 is 14.7 Å². The molecule has 0 spiro atoms. The monoisotopic (exact) mass is 275 g/mol. The van der Waals surface area contributed by atoms with Crippen LogP contribution in [0.4, 0.5) is 0 Å². The highest BCUT2D eigenvalue weighted by Crippen LogP contribution is 2.37. The van der Waals surface area contributed by atoms with E-state index in [0.717, 1.165) is 11.1 Å². The molecule has 2 unspecified atom stereocenters. The number of carboxylic acid groups (broad SMARTS) is 1. The van der Waals surface area contributed by atoms with Crippen molar-refractivity contribution in [2.75, 3.05) is 6.54 Å². The normalized spacial score (nSPS) is 22.9. The highest BCUT2D eigenvalue weighted by atomic mass is 16.4. The summed E-state index contributed by atoms with van der Waals surface area (Å²) in [6, 6.07) is 5.61. The number of carbonyl (C=O) groups is 2. The first kappa shape index (κ1) is 14.6. The number of amides is 1. The van der Waals surface area contributed by atoms with E-state index in [4.69, 9.17) is 0 Å². The summed E-state index contributed by atoms with van der Waals surface area (Å²) in [6.45, 7) is 6.48. The molecule has 108 valence electrons. The molecule has 20 heavy (non-hydrogen) atoms. The van der Waals surface area contributed by atoms with E-state index < -0.39 is 11.9 Å². The van der Waals surface area contributed by atoms with Crippen LogP contribution >= 0.6 is 0 Å². The molecule has 2 atom stereocenters. The van der Waals surface area contributed by atoms with Gasteiger partial charge in [-0.2, -0.15) is 0 Å². The van der Waals surface area contributed by atoms with Gasteiger partial charge in [-0.05, 0) is 43.9 Å². The van der Waals surface area contributed by atoms with Gasteiger partial charge in [0.15, 0.2) is 0 Å². The van der Waals surface area contributed by atoms with E-state index in [2.05, 4.69) is 0 Å². The van der Waals surface area contributed by atoms with Crippen LogP contribution < -0.4 is 0 Å². The number of piperidine rings is 1. The maximum Gasteiger partial charge on any atom is 0.308 e. The van der Waals surface area contributed by atoms with Gasteiger partial charge in [-0.15, -0.1) is 0 Å². The van der Waals surface area contributed by atoms with Crippen molar-refractivity contribution in [2.24, 2.45) is 5.92 Å². The lowest BCUT2D eigenvalue weighted by Gasteiger charge is -2.39. The van der Waals surface area contributed by atoms with Crippen LogP contribution in [-0.2, 0) is 9.59 Å². The topological polar surface area (TPSA) is 57.6 Å². The molecule has 1 heterocycles. The third-order valence-electron chi connectivity index (χ3n) is 4.24. The molecular formula is C16H21NO3. The van der Waals surface area contributed by atoms with E-state index in [1.54, 1.807) is 4.90 Å². The zero-order chi connectivity index (χ0) is 14.9. The molecule has 1 aromatic rings. The molecule has 0 aliphatic carbocycles. The molecule has 1 aliphatic rings. The Morgan fingerprint density at radius 3 is 2.60 bits per heavy atom. The van der Waals surface area contributed by atoms with Crippen LogP contribution in [-0.4, -0.2) is 28.4 Å². The van der Waals surface area contributed by atoms with Crippen molar-refractivity contribution in [3.63, 3.8) is 0 Å². The minimum atomic E-state index is -0.820. The summed E-state index contributed by atoms with van der Waals surface area (Å²) in [7, 11) is 0. The second-order valence-electron chi connectivity index (χ2n) is 5.45. The number of nitrogens with zero attached hydrogens (tertiary/aromatic N) is 1. The third kappa shape index (κ3) is 2.55. The lowest BCUT2D eigenvalue weighted by molar-refractivity contribution is -0.151. The molecular weight excluding hydrogens is 254 g/mol. The molecule has 0 radical (unpaired) electrons. The van der Waals surface area contributed by atoms with Gasteiger partial charge < -0.3 is 10.0 Å². The van der Waals surface area contributed by atoms with E-state index in [1.165, 1.54) is 5.56 Å².